The average Bonchev–Trinajstić information content (AvgIpc) is 2.47. The lowest BCUT2D eigenvalue weighted by Crippen LogP contribution is -2.42. The van der Waals surface area contributed by atoms with Crippen molar-refractivity contribution >= 4 is 11.8 Å². The Labute approximate surface area is 98.5 Å². The molecule has 1 heterocycles. The second kappa shape index (κ2) is 5.55. The maximum atomic E-state index is 5.54. The first kappa shape index (κ1) is 13.3. The summed E-state index contributed by atoms with van der Waals surface area (Å²) in [6.07, 6.45) is 1.54. The lowest BCUT2D eigenvalue weighted by atomic mass is 10.1. The zero-order valence-corrected chi connectivity index (χ0v) is 11.5. The van der Waals surface area contributed by atoms with Gasteiger partial charge in [0.25, 0.3) is 0 Å². The highest BCUT2D eigenvalue weighted by Gasteiger charge is 2.25. The molecule has 1 saturated heterocycles. The molecule has 1 aliphatic heterocycles. The second-order valence-corrected chi connectivity index (χ2v) is 7.31. The molecule has 0 radical (unpaired) electrons. The molecule has 3 heteroatoms. The van der Waals surface area contributed by atoms with E-state index in [2.05, 4.69) is 39.9 Å². The predicted octanol–water partition coefficient (Wildman–Crippen LogP) is 2.67. The van der Waals surface area contributed by atoms with Crippen molar-refractivity contribution < 1.29 is 4.74 Å². The fraction of sp³-hybridized carbons (Fsp3) is 1.00. The molecular formula is C12H25NOS. The summed E-state index contributed by atoms with van der Waals surface area (Å²) in [5.74, 6) is 1.17. The lowest BCUT2D eigenvalue weighted by Gasteiger charge is -2.25. The van der Waals surface area contributed by atoms with Gasteiger partial charge in [0.1, 0.15) is 0 Å². The van der Waals surface area contributed by atoms with Crippen LogP contribution in [-0.4, -0.2) is 35.3 Å². The van der Waals surface area contributed by atoms with E-state index < -0.39 is 0 Å². The molecule has 0 bridgehead atoms. The molecule has 3 atom stereocenters. The number of nitrogens with one attached hydrogen (secondary N) is 1. The van der Waals surface area contributed by atoms with Gasteiger partial charge in [-0.1, -0.05) is 20.8 Å². The van der Waals surface area contributed by atoms with Gasteiger partial charge in [0.2, 0.25) is 0 Å². The summed E-state index contributed by atoms with van der Waals surface area (Å²) in [6.45, 7) is 12.2. The van der Waals surface area contributed by atoms with Crippen molar-refractivity contribution in [2.24, 2.45) is 0 Å². The fourth-order valence-corrected chi connectivity index (χ4v) is 2.59. The summed E-state index contributed by atoms with van der Waals surface area (Å²) in [5.41, 5.74) is 0. The average molecular weight is 231 g/mol. The van der Waals surface area contributed by atoms with Crippen molar-refractivity contribution in [1.82, 2.24) is 5.32 Å². The Bertz CT molecular complexity index is 191. The molecule has 0 aromatic rings. The van der Waals surface area contributed by atoms with E-state index in [-0.39, 0.29) is 0 Å². The topological polar surface area (TPSA) is 21.3 Å². The lowest BCUT2D eigenvalue weighted by molar-refractivity contribution is 0.112. The Balaban J connectivity index is 2.20. The van der Waals surface area contributed by atoms with Crippen LogP contribution in [0.15, 0.2) is 0 Å². The fourth-order valence-electron chi connectivity index (χ4n) is 1.74. The summed E-state index contributed by atoms with van der Waals surface area (Å²) in [4.78, 5) is 0. The Kier molecular flexibility index (Phi) is 4.94. The van der Waals surface area contributed by atoms with Crippen molar-refractivity contribution in [3.05, 3.63) is 0 Å². The molecule has 0 aromatic carbocycles. The maximum Gasteiger partial charge on any atom is 0.0700 e. The minimum absolute atomic E-state index is 0.369. The number of thioether (sulfide) groups is 1. The van der Waals surface area contributed by atoms with Gasteiger partial charge in [-0.05, 0) is 20.3 Å². The number of hydrogen-bond donors (Lipinski definition) is 1. The molecule has 1 N–H and O–H groups in total. The largest absolute Gasteiger partial charge is 0.377 e. The first-order valence-corrected chi connectivity index (χ1v) is 6.88. The molecule has 3 unspecified atom stereocenters. The summed E-state index contributed by atoms with van der Waals surface area (Å²) < 4.78 is 5.91. The van der Waals surface area contributed by atoms with Gasteiger partial charge in [-0.25, -0.2) is 0 Å². The highest BCUT2D eigenvalue weighted by Crippen LogP contribution is 2.24. The molecule has 15 heavy (non-hydrogen) atoms. The highest BCUT2D eigenvalue weighted by atomic mass is 32.2. The van der Waals surface area contributed by atoms with E-state index in [1.807, 2.05) is 11.8 Å². The summed E-state index contributed by atoms with van der Waals surface area (Å²) in [7, 11) is 0. The molecule has 1 rings (SSSR count). The zero-order valence-electron chi connectivity index (χ0n) is 10.7. The quantitative estimate of drug-likeness (QED) is 0.804. The third kappa shape index (κ3) is 5.23. The molecule has 0 saturated carbocycles. The van der Waals surface area contributed by atoms with Crippen LogP contribution in [0.3, 0.4) is 0 Å². The van der Waals surface area contributed by atoms with Crippen LogP contribution in [0.1, 0.15) is 41.0 Å². The number of rotatable bonds is 4. The summed E-state index contributed by atoms with van der Waals surface area (Å²) in [5, 5.41) is 3.66. The Hall–Kier alpha value is 0.270. The summed E-state index contributed by atoms with van der Waals surface area (Å²) in [6, 6.07) is 1.13. The van der Waals surface area contributed by atoms with Crippen LogP contribution >= 0.6 is 11.8 Å². The Morgan fingerprint density at radius 2 is 2.13 bits per heavy atom. The van der Waals surface area contributed by atoms with E-state index in [0.29, 0.717) is 22.9 Å². The molecule has 0 amide bonds. The van der Waals surface area contributed by atoms with Gasteiger partial charge in [-0.3, -0.25) is 0 Å². The van der Waals surface area contributed by atoms with E-state index in [1.54, 1.807) is 0 Å². The minimum Gasteiger partial charge on any atom is -0.377 e. The van der Waals surface area contributed by atoms with Crippen molar-refractivity contribution in [3.63, 3.8) is 0 Å². The highest BCUT2D eigenvalue weighted by molar-refractivity contribution is 8.00. The van der Waals surface area contributed by atoms with Crippen molar-refractivity contribution in [3.8, 4) is 0 Å². The van der Waals surface area contributed by atoms with E-state index in [1.165, 1.54) is 5.75 Å². The van der Waals surface area contributed by atoms with Gasteiger partial charge >= 0.3 is 0 Å². The number of ether oxygens (including phenoxy) is 1. The molecule has 90 valence electrons. The molecule has 2 nitrogen and oxygen atoms in total. The molecular weight excluding hydrogens is 206 g/mol. The van der Waals surface area contributed by atoms with Gasteiger partial charge < -0.3 is 10.1 Å². The van der Waals surface area contributed by atoms with Gasteiger partial charge in [0, 0.05) is 29.2 Å². The molecule has 1 aliphatic rings. The van der Waals surface area contributed by atoms with Gasteiger partial charge in [-0.2, -0.15) is 11.8 Å². The van der Waals surface area contributed by atoms with Crippen LogP contribution in [0.5, 0.6) is 0 Å². The van der Waals surface area contributed by atoms with Crippen molar-refractivity contribution in [2.45, 2.75) is 64.0 Å². The summed E-state index contributed by atoms with van der Waals surface area (Å²) >= 11 is 2.02. The Morgan fingerprint density at radius 1 is 1.47 bits per heavy atom. The molecule has 1 fully saturated rings. The minimum atomic E-state index is 0.369. The molecule has 0 spiro atoms. The van der Waals surface area contributed by atoms with Crippen LogP contribution in [0, 0.1) is 0 Å². The monoisotopic (exact) mass is 231 g/mol. The van der Waals surface area contributed by atoms with E-state index in [9.17, 15) is 0 Å². The van der Waals surface area contributed by atoms with Crippen LogP contribution in [0.25, 0.3) is 0 Å². The van der Waals surface area contributed by atoms with Crippen LogP contribution in [-0.2, 0) is 4.74 Å². The zero-order chi connectivity index (χ0) is 11.5. The molecule has 0 aliphatic carbocycles. The van der Waals surface area contributed by atoms with Crippen molar-refractivity contribution in [1.29, 1.82) is 0 Å². The third-order valence-corrected chi connectivity index (χ3v) is 4.17. The number of hydrogen-bond acceptors (Lipinski definition) is 3. The van der Waals surface area contributed by atoms with Gasteiger partial charge in [-0.15, -0.1) is 0 Å². The van der Waals surface area contributed by atoms with E-state index in [4.69, 9.17) is 4.74 Å². The van der Waals surface area contributed by atoms with Gasteiger partial charge in [0.15, 0.2) is 0 Å². The Morgan fingerprint density at radius 3 is 2.60 bits per heavy atom. The third-order valence-electron chi connectivity index (χ3n) is 2.64. The van der Waals surface area contributed by atoms with Crippen molar-refractivity contribution in [2.75, 3.05) is 12.4 Å². The SMILES string of the molecule is CC(CSC(C)(C)C)NC1CCOC1C. The van der Waals surface area contributed by atoms with E-state index >= 15 is 0 Å². The first-order chi connectivity index (χ1) is 6.88. The first-order valence-electron chi connectivity index (χ1n) is 5.90. The van der Waals surface area contributed by atoms with Gasteiger partial charge in [0.05, 0.1) is 6.10 Å². The van der Waals surface area contributed by atoms with Crippen LogP contribution in [0.4, 0.5) is 0 Å². The normalized spacial score (nSPS) is 29.4. The van der Waals surface area contributed by atoms with Crippen LogP contribution < -0.4 is 5.32 Å². The second-order valence-electron chi connectivity index (χ2n) is 5.46. The molecule has 0 aromatic heterocycles. The van der Waals surface area contributed by atoms with E-state index in [0.717, 1.165) is 13.0 Å². The smallest absolute Gasteiger partial charge is 0.0700 e. The van der Waals surface area contributed by atoms with Crippen LogP contribution in [0.2, 0.25) is 0 Å². The maximum absolute atomic E-state index is 5.54. The predicted molar refractivity (Wildman–Crippen MR) is 68.6 cm³/mol. The standard InChI is InChI=1S/C12H25NOS/c1-9(8-15-12(3,4)5)13-11-6-7-14-10(11)2/h9-11,13H,6-8H2,1-5H3.